The molecule has 2 aromatic heterocycles. The largest absolute Gasteiger partial charge is 0.467 e. The molecule has 0 aliphatic heterocycles. The van der Waals surface area contributed by atoms with Crippen LogP contribution in [0.3, 0.4) is 0 Å². The summed E-state index contributed by atoms with van der Waals surface area (Å²) in [4.78, 5) is 36.8. The van der Waals surface area contributed by atoms with Crippen LogP contribution >= 0.6 is 11.3 Å². The highest BCUT2D eigenvalue weighted by molar-refractivity contribution is 7.12. The number of ether oxygens (including phenoxy) is 1. The molecule has 8 heteroatoms. The van der Waals surface area contributed by atoms with Gasteiger partial charge in [-0.2, -0.15) is 0 Å². The topological polar surface area (TPSA) is 97.6 Å². The van der Waals surface area contributed by atoms with Crippen LogP contribution < -0.4 is 10.6 Å². The van der Waals surface area contributed by atoms with Gasteiger partial charge in [0.1, 0.15) is 5.76 Å². The van der Waals surface area contributed by atoms with E-state index in [1.807, 2.05) is 5.38 Å². The molecule has 0 spiro atoms. The first-order valence-corrected chi connectivity index (χ1v) is 9.37. The van der Waals surface area contributed by atoms with Gasteiger partial charge in [0.25, 0.3) is 11.8 Å². The van der Waals surface area contributed by atoms with Gasteiger partial charge in [-0.15, -0.1) is 11.3 Å². The smallest absolute Gasteiger partial charge is 0.338 e. The minimum Gasteiger partial charge on any atom is -0.467 e. The van der Waals surface area contributed by atoms with Crippen LogP contribution in [-0.2, 0) is 16.1 Å². The monoisotopic (exact) mass is 398 g/mol. The van der Waals surface area contributed by atoms with Crippen molar-refractivity contribution in [3.63, 3.8) is 0 Å². The van der Waals surface area contributed by atoms with Gasteiger partial charge in [-0.3, -0.25) is 9.59 Å². The fraction of sp³-hybridized carbons (Fsp3) is 0.150. The number of rotatable bonds is 7. The molecule has 0 fully saturated rings. The Morgan fingerprint density at radius 1 is 1.11 bits per heavy atom. The molecule has 1 unspecified atom stereocenters. The van der Waals surface area contributed by atoms with Gasteiger partial charge in [0.2, 0.25) is 0 Å². The number of nitrogens with one attached hydrogen (secondary N) is 2. The number of amides is 2. The van der Waals surface area contributed by atoms with Gasteiger partial charge < -0.3 is 19.8 Å². The third-order valence-corrected chi connectivity index (χ3v) is 4.66. The highest BCUT2D eigenvalue weighted by Crippen LogP contribution is 2.15. The van der Waals surface area contributed by atoms with Gasteiger partial charge in [-0.05, 0) is 54.8 Å². The van der Waals surface area contributed by atoms with E-state index >= 15 is 0 Å². The number of hydrogen-bond donors (Lipinski definition) is 2. The van der Waals surface area contributed by atoms with Crippen molar-refractivity contribution in [3.05, 3.63) is 76.4 Å². The molecule has 1 atom stereocenters. The molecular formula is C20H18N2O5S. The number of esters is 1. The average molecular weight is 398 g/mol. The minimum absolute atomic E-state index is 0.215. The predicted octanol–water partition coefficient (Wildman–Crippen LogP) is 3.46. The summed E-state index contributed by atoms with van der Waals surface area (Å²) in [5, 5.41) is 7.19. The first-order chi connectivity index (χ1) is 13.5. The van der Waals surface area contributed by atoms with Gasteiger partial charge in [0, 0.05) is 5.69 Å². The number of anilines is 1. The Morgan fingerprint density at radius 3 is 2.54 bits per heavy atom. The zero-order chi connectivity index (χ0) is 19.9. The van der Waals surface area contributed by atoms with E-state index < -0.39 is 18.0 Å². The van der Waals surface area contributed by atoms with Crippen LogP contribution in [0.2, 0.25) is 0 Å². The van der Waals surface area contributed by atoms with Crippen molar-refractivity contribution in [1.29, 1.82) is 0 Å². The second-order valence-corrected chi connectivity index (χ2v) is 6.80. The normalized spacial score (nSPS) is 11.5. The van der Waals surface area contributed by atoms with E-state index in [-0.39, 0.29) is 18.0 Å². The highest BCUT2D eigenvalue weighted by Gasteiger charge is 2.19. The molecule has 3 rings (SSSR count). The van der Waals surface area contributed by atoms with E-state index in [2.05, 4.69) is 10.6 Å². The average Bonchev–Trinajstić information content (AvgIpc) is 3.40. The summed E-state index contributed by atoms with van der Waals surface area (Å²) in [5.74, 6) is -0.666. The second-order valence-electron chi connectivity index (χ2n) is 5.85. The minimum atomic E-state index is -0.958. The van der Waals surface area contributed by atoms with Crippen molar-refractivity contribution in [2.45, 2.75) is 19.6 Å². The van der Waals surface area contributed by atoms with Crippen molar-refractivity contribution < 1.29 is 23.5 Å². The summed E-state index contributed by atoms with van der Waals surface area (Å²) < 4.78 is 10.3. The molecule has 2 N–H and O–H groups in total. The number of hydrogen-bond acceptors (Lipinski definition) is 6. The molecule has 0 saturated heterocycles. The molecule has 144 valence electrons. The summed E-state index contributed by atoms with van der Waals surface area (Å²) in [6.07, 6.45) is 0.554. The van der Waals surface area contributed by atoms with E-state index in [0.29, 0.717) is 16.3 Å². The van der Waals surface area contributed by atoms with Crippen LogP contribution in [0.1, 0.15) is 32.7 Å². The number of furan rings is 1. The van der Waals surface area contributed by atoms with Gasteiger partial charge in [0.05, 0.1) is 23.2 Å². The number of carbonyl (C=O) groups is 3. The van der Waals surface area contributed by atoms with Crippen molar-refractivity contribution in [2.75, 3.05) is 5.32 Å². The molecule has 7 nitrogen and oxygen atoms in total. The quantitative estimate of drug-likeness (QED) is 0.594. The zero-order valence-electron chi connectivity index (χ0n) is 15.0. The lowest BCUT2D eigenvalue weighted by Gasteiger charge is -2.13. The van der Waals surface area contributed by atoms with Crippen LogP contribution in [-0.4, -0.2) is 23.9 Å². The predicted molar refractivity (Wildman–Crippen MR) is 104 cm³/mol. The summed E-state index contributed by atoms with van der Waals surface area (Å²) in [6, 6.07) is 13.2. The van der Waals surface area contributed by atoms with Crippen molar-refractivity contribution in [2.24, 2.45) is 0 Å². The van der Waals surface area contributed by atoms with Crippen molar-refractivity contribution in [3.8, 4) is 0 Å². The van der Waals surface area contributed by atoms with Crippen LogP contribution in [0.15, 0.2) is 64.6 Å². The van der Waals surface area contributed by atoms with Gasteiger partial charge >= 0.3 is 5.97 Å². The fourth-order valence-corrected chi connectivity index (χ4v) is 2.92. The van der Waals surface area contributed by atoms with Crippen LogP contribution in [0, 0.1) is 0 Å². The molecule has 0 aliphatic carbocycles. The van der Waals surface area contributed by atoms with E-state index in [4.69, 9.17) is 9.15 Å². The first-order valence-electron chi connectivity index (χ1n) is 8.49. The lowest BCUT2D eigenvalue weighted by Crippen LogP contribution is -2.35. The standard InChI is InChI=1S/C20H18N2O5S/c1-13(18(23)21-12-16-4-2-10-26-16)27-20(25)14-6-8-15(9-7-14)22-19(24)17-5-3-11-28-17/h2-11,13H,12H2,1H3,(H,21,23)(H,22,24). The Kier molecular flexibility index (Phi) is 6.23. The van der Waals surface area contributed by atoms with Crippen LogP contribution in [0.5, 0.6) is 0 Å². The number of carbonyl (C=O) groups excluding carboxylic acids is 3. The Morgan fingerprint density at radius 2 is 1.89 bits per heavy atom. The van der Waals surface area contributed by atoms with E-state index in [9.17, 15) is 14.4 Å². The molecular weight excluding hydrogens is 380 g/mol. The first kappa shape index (κ1) is 19.4. The molecule has 2 amide bonds. The fourth-order valence-electron chi connectivity index (χ4n) is 2.30. The summed E-state index contributed by atoms with van der Waals surface area (Å²) >= 11 is 1.34. The molecule has 0 saturated carbocycles. The SMILES string of the molecule is CC(OC(=O)c1ccc(NC(=O)c2cccs2)cc1)C(=O)NCc1ccco1. The Balaban J connectivity index is 1.50. The number of benzene rings is 1. The van der Waals surface area contributed by atoms with Crippen LogP contribution in [0.4, 0.5) is 5.69 Å². The van der Waals surface area contributed by atoms with E-state index in [1.54, 1.807) is 36.4 Å². The maximum absolute atomic E-state index is 12.2. The van der Waals surface area contributed by atoms with Crippen molar-refractivity contribution in [1.82, 2.24) is 5.32 Å². The number of thiophene rings is 1. The summed E-state index contributed by atoms with van der Waals surface area (Å²) in [6.45, 7) is 1.71. The lowest BCUT2D eigenvalue weighted by molar-refractivity contribution is -0.129. The maximum atomic E-state index is 12.2. The molecule has 0 bridgehead atoms. The van der Waals surface area contributed by atoms with Gasteiger partial charge in [-0.25, -0.2) is 4.79 Å². The lowest BCUT2D eigenvalue weighted by atomic mass is 10.2. The Bertz CT molecular complexity index is 934. The third kappa shape index (κ3) is 5.08. The van der Waals surface area contributed by atoms with Crippen LogP contribution in [0.25, 0.3) is 0 Å². The van der Waals surface area contributed by atoms with Gasteiger partial charge in [0.15, 0.2) is 6.10 Å². The second kappa shape index (κ2) is 9.01. The maximum Gasteiger partial charge on any atom is 0.338 e. The Labute approximate surface area is 165 Å². The molecule has 3 aromatic rings. The zero-order valence-corrected chi connectivity index (χ0v) is 15.8. The molecule has 0 radical (unpaired) electrons. The van der Waals surface area contributed by atoms with Crippen molar-refractivity contribution >= 4 is 34.8 Å². The van der Waals surface area contributed by atoms with Gasteiger partial charge in [-0.1, -0.05) is 6.07 Å². The summed E-state index contributed by atoms with van der Waals surface area (Å²) in [7, 11) is 0. The molecule has 28 heavy (non-hydrogen) atoms. The highest BCUT2D eigenvalue weighted by atomic mass is 32.1. The molecule has 0 aliphatic rings. The third-order valence-electron chi connectivity index (χ3n) is 3.79. The molecule has 2 heterocycles. The van der Waals surface area contributed by atoms with E-state index in [0.717, 1.165) is 0 Å². The Hall–Kier alpha value is -3.39. The molecule has 1 aromatic carbocycles. The summed E-state index contributed by atoms with van der Waals surface area (Å²) in [5.41, 5.74) is 0.832. The van der Waals surface area contributed by atoms with E-state index in [1.165, 1.54) is 36.7 Å².